The number of methoxy groups -OCH3 is 1. The Bertz CT molecular complexity index is 460. The van der Waals surface area contributed by atoms with Crippen molar-refractivity contribution in [2.45, 2.75) is 51.7 Å². The first-order valence-corrected chi connectivity index (χ1v) is 8.27. The summed E-state index contributed by atoms with van der Waals surface area (Å²) < 4.78 is 9.91. The van der Waals surface area contributed by atoms with Gasteiger partial charge in [-0.2, -0.15) is 0 Å². The summed E-state index contributed by atoms with van der Waals surface area (Å²) in [4.78, 5) is 28.7. The van der Waals surface area contributed by atoms with E-state index in [-0.39, 0.29) is 42.1 Å². The Balaban J connectivity index is 0.00000576. The van der Waals surface area contributed by atoms with Crippen molar-refractivity contribution in [3.8, 4) is 0 Å². The summed E-state index contributed by atoms with van der Waals surface area (Å²) in [5.74, 6) is 0.510. The van der Waals surface area contributed by atoms with E-state index in [4.69, 9.17) is 4.74 Å². The first-order chi connectivity index (χ1) is 11.2. The van der Waals surface area contributed by atoms with Gasteiger partial charge in [-0.05, 0) is 33.6 Å². The molecule has 0 atom stereocenters. The first-order valence-electron chi connectivity index (χ1n) is 8.27. The van der Waals surface area contributed by atoms with Gasteiger partial charge in [-0.15, -0.1) is 24.0 Å². The van der Waals surface area contributed by atoms with E-state index in [0.717, 1.165) is 19.4 Å². The van der Waals surface area contributed by atoms with Gasteiger partial charge in [0, 0.05) is 33.1 Å². The monoisotopic (exact) mass is 470 g/mol. The van der Waals surface area contributed by atoms with Crippen LogP contribution < -0.4 is 10.6 Å². The fourth-order valence-corrected chi connectivity index (χ4v) is 2.14. The molecule has 8 nitrogen and oxygen atoms in total. The highest BCUT2D eigenvalue weighted by Gasteiger charge is 2.34. The molecule has 0 spiro atoms. The molecule has 25 heavy (non-hydrogen) atoms. The summed E-state index contributed by atoms with van der Waals surface area (Å²) in [6.45, 7) is 7.47. The number of nitrogens with one attached hydrogen (secondary N) is 2. The molecule has 0 aromatic rings. The van der Waals surface area contributed by atoms with E-state index < -0.39 is 5.60 Å². The van der Waals surface area contributed by atoms with Gasteiger partial charge in [-0.3, -0.25) is 9.79 Å². The molecule has 0 aromatic heterocycles. The van der Waals surface area contributed by atoms with Crippen LogP contribution in [0, 0.1) is 0 Å². The Morgan fingerprint density at radius 3 is 2.40 bits per heavy atom. The molecule has 146 valence electrons. The largest absolute Gasteiger partial charge is 0.469 e. The molecule has 0 aliphatic carbocycles. The number of carbonyl (C=O) groups is 2. The van der Waals surface area contributed by atoms with Crippen molar-refractivity contribution >= 4 is 42.0 Å². The Kier molecular flexibility index (Phi) is 10.8. The maximum atomic E-state index is 11.9. The number of guanidine groups is 1. The van der Waals surface area contributed by atoms with Crippen LogP contribution in [0.15, 0.2) is 4.99 Å². The summed E-state index contributed by atoms with van der Waals surface area (Å²) in [6, 6.07) is 0.166. The number of ether oxygens (including phenoxy) is 2. The van der Waals surface area contributed by atoms with Gasteiger partial charge in [0.05, 0.1) is 13.2 Å². The van der Waals surface area contributed by atoms with Gasteiger partial charge < -0.3 is 25.0 Å². The molecule has 1 rings (SSSR count). The molecule has 1 saturated heterocycles. The van der Waals surface area contributed by atoms with E-state index in [1.807, 2.05) is 20.8 Å². The number of esters is 1. The number of nitrogens with zero attached hydrogens (tertiary/aromatic N) is 2. The van der Waals surface area contributed by atoms with E-state index in [1.165, 1.54) is 7.11 Å². The van der Waals surface area contributed by atoms with Crippen LogP contribution in [0.4, 0.5) is 4.79 Å². The van der Waals surface area contributed by atoms with Crippen molar-refractivity contribution in [3.05, 3.63) is 0 Å². The minimum absolute atomic E-state index is 0. The molecule has 9 heteroatoms. The zero-order valence-electron chi connectivity index (χ0n) is 15.8. The number of unbranched alkanes of at least 4 members (excludes halogenated alkanes) is 1. The normalized spacial score (nSPS) is 14.9. The highest BCUT2D eigenvalue weighted by atomic mass is 127. The van der Waals surface area contributed by atoms with Crippen molar-refractivity contribution in [1.82, 2.24) is 15.5 Å². The van der Waals surface area contributed by atoms with Crippen LogP contribution in [0.2, 0.25) is 0 Å². The molecule has 1 fully saturated rings. The predicted molar refractivity (Wildman–Crippen MR) is 107 cm³/mol. The highest BCUT2D eigenvalue weighted by Crippen LogP contribution is 2.15. The molecule has 0 aromatic carbocycles. The lowest BCUT2D eigenvalue weighted by atomic mass is 10.1. The number of hydrogen-bond acceptors (Lipinski definition) is 5. The maximum Gasteiger partial charge on any atom is 0.410 e. The van der Waals surface area contributed by atoms with Crippen molar-refractivity contribution in [2.75, 3.05) is 33.8 Å². The number of halogens is 1. The summed E-state index contributed by atoms with van der Waals surface area (Å²) in [5, 5.41) is 6.45. The summed E-state index contributed by atoms with van der Waals surface area (Å²) >= 11 is 0. The van der Waals surface area contributed by atoms with Crippen LogP contribution in [0.25, 0.3) is 0 Å². The average molecular weight is 470 g/mol. The molecule has 0 radical (unpaired) electrons. The van der Waals surface area contributed by atoms with Crippen molar-refractivity contribution in [3.63, 3.8) is 0 Å². The summed E-state index contributed by atoms with van der Waals surface area (Å²) in [6.07, 6.45) is 1.76. The third kappa shape index (κ3) is 9.71. The van der Waals surface area contributed by atoms with Crippen LogP contribution in [-0.4, -0.2) is 68.4 Å². The highest BCUT2D eigenvalue weighted by molar-refractivity contribution is 14.0. The number of aliphatic imine (C=N–C) groups is 1. The zero-order valence-corrected chi connectivity index (χ0v) is 18.1. The molecule has 1 heterocycles. The number of carbonyl (C=O) groups excluding carboxylic acids is 2. The lowest BCUT2D eigenvalue weighted by Crippen LogP contribution is -2.63. The second-order valence-electron chi connectivity index (χ2n) is 6.76. The Morgan fingerprint density at radius 2 is 1.88 bits per heavy atom. The number of likely N-dealkylation sites (tertiary alicyclic amines) is 1. The zero-order chi connectivity index (χ0) is 18.2. The van der Waals surface area contributed by atoms with E-state index in [9.17, 15) is 9.59 Å². The lowest BCUT2D eigenvalue weighted by Gasteiger charge is -2.40. The second-order valence-corrected chi connectivity index (χ2v) is 6.76. The van der Waals surface area contributed by atoms with Crippen LogP contribution in [0.3, 0.4) is 0 Å². The third-order valence-electron chi connectivity index (χ3n) is 3.43. The van der Waals surface area contributed by atoms with E-state index in [1.54, 1.807) is 11.9 Å². The molecule has 1 aliphatic heterocycles. The molecule has 1 amide bonds. The van der Waals surface area contributed by atoms with Crippen molar-refractivity contribution in [1.29, 1.82) is 0 Å². The summed E-state index contributed by atoms with van der Waals surface area (Å²) in [7, 11) is 3.10. The quantitative estimate of drug-likeness (QED) is 0.202. The van der Waals surface area contributed by atoms with Crippen LogP contribution >= 0.6 is 24.0 Å². The molecular formula is C16H31IN4O4. The van der Waals surface area contributed by atoms with E-state index in [0.29, 0.717) is 25.5 Å². The fourth-order valence-electron chi connectivity index (χ4n) is 2.14. The van der Waals surface area contributed by atoms with Gasteiger partial charge in [0.1, 0.15) is 5.60 Å². The minimum Gasteiger partial charge on any atom is -0.469 e. The molecule has 0 bridgehead atoms. The minimum atomic E-state index is -0.475. The van der Waals surface area contributed by atoms with Gasteiger partial charge >= 0.3 is 12.1 Å². The predicted octanol–water partition coefficient (Wildman–Crippen LogP) is 1.73. The fraction of sp³-hybridized carbons (Fsp3) is 0.812. The smallest absolute Gasteiger partial charge is 0.410 e. The lowest BCUT2D eigenvalue weighted by molar-refractivity contribution is -0.140. The van der Waals surface area contributed by atoms with Gasteiger partial charge in [0.25, 0.3) is 0 Å². The van der Waals surface area contributed by atoms with Gasteiger partial charge in [-0.1, -0.05) is 0 Å². The Morgan fingerprint density at radius 1 is 1.24 bits per heavy atom. The number of amides is 1. The van der Waals surface area contributed by atoms with Crippen LogP contribution in [0.1, 0.15) is 40.0 Å². The standard InChI is InChI=1S/C16H30N4O4.HI/c1-16(2,3)24-15(22)20-10-12(11-20)19-14(17-4)18-9-7-6-8-13(21)23-5;/h12H,6-11H2,1-5H3,(H2,17,18,19);1H. The van der Waals surface area contributed by atoms with Crippen LogP contribution in [-0.2, 0) is 14.3 Å². The molecule has 1 aliphatic rings. The third-order valence-corrected chi connectivity index (χ3v) is 3.43. The number of hydrogen-bond donors (Lipinski definition) is 2. The Labute approximate surface area is 167 Å². The SMILES string of the molecule is CN=C(NCCCCC(=O)OC)NC1CN(C(=O)OC(C)(C)C)C1.I. The van der Waals surface area contributed by atoms with E-state index in [2.05, 4.69) is 20.4 Å². The Hall–Kier alpha value is -1.26. The molecule has 0 saturated carbocycles. The average Bonchev–Trinajstić information content (AvgIpc) is 2.45. The van der Waals surface area contributed by atoms with E-state index >= 15 is 0 Å². The molecule has 0 unspecified atom stereocenters. The summed E-state index contributed by atoms with van der Waals surface area (Å²) in [5.41, 5.74) is -0.475. The van der Waals surface area contributed by atoms with Gasteiger partial charge in [-0.25, -0.2) is 4.79 Å². The molecule has 2 N–H and O–H groups in total. The molecular weight excluding hydrogens is 439 g/mol. The first kappa shape index (κ1) is 23.7. The maximum absolute atomic E-state index is 11.9. The van der Waals surface area contributed by atoms with Crippen molar-refractivity contribution < 1.29 is 19.1 Å². The van der Waals surface area contributed by atoms with Crippen molar-refractivity contribution in [2.24, 2.45) is 4.99 Å². The van der Waals surface area contributed by atoms with Gasteiger partial charge in [0.2, 0.25) is 0 Å². The topological polar surface area (TPSA) is 92.3 Å². The number of rotatable bonds is 6. The van der Waals surface area contributed by atoms with Gasteiger partial charge in [0.15, 0.2) is 5.96 Å². The second kappa shape index (κ2) is 11.4. The van der Waals surface area contributed by atoms with Crippen LogP contribution in [0.5, 0.6) is 0 Å².